The molecule has 4 nitrogen and oxygen atoms in total. The van der Waals surface area contributed by atoms with Crippen molar-refractivity contribution < 1.29 is 0 Å². The van der Waals surface area contributed by atoms with E-state index in [2.05, 4.69) is 89.5 Å². The first-order valence-electron chi connectivity index (χ1n) is 13.3. The molecule has 5 heteroatoms. The van der Waals surface area contributed by atoms with E-state index in [-0.39, 0.29) is 0 Å². The van der Waals surface area contributed by atoms with Crippen LogP contribution in [0.1, 0.15) is 0 Å². The molecule has 0 aliphatic rings. The van der Waals surface area contributed by atoms with E-state index in [0.29, 0.717) is 5.82 Å². The highest BCUT2D eigenvalue weighted by atomic mass is 32.1. The zero-order valence-corrected chi connectivity index (χ0v) is 22.1. The van der Waals surface area contributed by atoms with Crippen LogP contribution in [0.15, 0.2) is 121 Å². The van der Waals surface area contributed by atoms with Gasteiger partial charge >= 0.3 is 0 Å². The lowest BCUT2D eigenvalue weighted by atomic mass is 10.00. The third kappa shape index (κ3) is 2.92. The van der Waals surface area contributed by atoms with Gasteiger partial charge in [-0.3, -0.25) is 9.55 Å². The molecular weight excluding hydrogens is 508 g/mol. The molecule has 0 saturated carbocycles. The van der Waals surface area contributed by atoms with Crippen LogP contribution in [0.3, 0.4) is 0 Å². The minimum absolute atomic E-state index is 0.710. The Kier molecular flexibility index (Phi) is 4.45. The van der Waals surface area contributed by atoms with Gasteiger partial charge in [0.25, 0.3) is 0 Å². The Bertz CT molecular complexity index is 2440. The number of hydrogen-bond donors (Lipinski definition) is 0. The number of aromatic nitrogens is 4. The molecule has 4 aromatic heterocycles. The zero-order valence-electron chi connectivity index (χ0n) is 21.2. The largest absolute Gasteiger partial charge is 0.290 e. The molecule has 4 heterocycles. The van der Waals surface area contributed by atoms with Gasteiger partial charge in [0, 0.05) is 38.0 Å². The minimum Gasteiger partial charge on any atom is -0.290 e. The molecule has 9 aromatic rings. The van der Waals surface area contributed by atoms with Crippen molar-refractivity contribution in [2.45, 2.75) is 0 Å². The molecule has 5 aromatic carbocycles. The molecule has 0 fully saturated rings. The second kappa shape index (κ2) is 8.18. The van der Waals surface area contributed by atoms with Crippen molar-refractivity contribution in [2.75, 3.05) is 0 Å². The zero-order chi connectivity index (χ0) is 26.2. The highest BCUT2D eigenvalue weighted by Crippen LogP contribution is 2.47. The lowest BCUT2D eigenvalue weighted by Gasteiger charge is -2.13. The summed E-state index contributed by atoms with van der Waals surface area (Å²) in [6, 6.07) is 40.2. The van der Waals surface area contributed by atoms with Gasteiger partial charge in [-0.05, 0) is 41.1 Å². The average molecular weight is 529 g/mol. The van der Waals surface area contributed by atoms with Gasteiger partial charge in [-0.1, -0.05) is 84.9 Å². The molecule has 9 rings (SSSR count). The van der Waals surface area contributed by atoms with Crippen molar-refractivity contribution in [3.63, 3.8) is 0 Å². The van der Waals surface area contributed by atoms with Crippen molar-refractivity contribution in [2.24, 2.45) is 0 Å². The van der Waals surface area contributed by atoms with Crippen LogP contribution in [-0.4, -0.2) is 19.5 Å². The molecule has 0 radical (unpaired) electrons. The molecule has 0 aliphatic heterocycles. The molecule has 40 heavy (non-hydrogen) atoms. The number of pyridine rings is 1. The van der Waals surface area contributed by atoms with Crippen molar-refractivity contribution in [3.05, 3.63) is 121 Å². The summed E-state index contributed by atoms with van der Waals surface area (Å²) in [5.41, 5.74) is 5.07. The van der Waals surface area contributed by atoms with E-state index in [0.717, 1.165) is 44.2 Å². The summed E-state index contributed by atoms with van der Waals surface area (Å²) in [5, 5.41) is 7.20. The fourth-order valence-electron chi connectivity index (χ4n) is 6.15. The number of thiophene rings is 1. The second-order valence-corrected chi connectivity index (χ2v) is 11.1. The Morgan fingerprint density at radius 2 is 1.27 bits per heavy atom. The summed E-state index contributed by atoms with van der Waals surface area (Å²) in [5.74, 6) is 1.58. The number of hydrogen-bond acceptors (Lipinski definition) is 4. The van der Waals surface area contributed by atoms with Gasteiger partial charge in [0.1, 0.15) is 5.82 Å². The number of benzene rings is 5. The van der Waals surface area contributed by atoms with Gasteiger partial charge in [0.2, 0.25) is 0 Å². The summed E-state index contributed by atoms with van der Waals surface area (Å²) in [6.45, 7) is 0. The smallest absolute Gasteiger partial charge is 0.162 e. The summed E-state index contributed by atoms with van der Waals surface area (Å²) >= 11 is 1.84. The summed E-state index contributed by atoms with van der Waals surface area (Å²) in [7, 11) is 0. The number of nitrogens with zero attached hydrogens (tertiary/aromatic N) is 4. The molecule has 186 valence electrons. The molecule has 0 aliphatic carbocycles. The Balaban J connectivity index is 1.57. The molecule has 0 amide bonds. The summed E-state index contributed by atoms with van der Waals surface area (Å²) < 4.78 is 4.85. The first kappa shape index (κ1) is 21.8. The normalized spacial score (nSPS) is 12.0. The Morgan fingerprint density at radius 1 is 0.575 bits per heavy atom. The topological polar surface area (TPSA) is 43.6 Å². The fraction of sp³-hybridized carbons (Fsp3) is 0. The van der Waals surface area contributed by atoms with Crippen LogP contribution >= 0.6 is 11.3 Å². The lowest BCUT2D eigenvalue weighted by molar-refractivity contribution is 1.08. The predicted octanol–water partition coefficient (Wildman–Crippen LogP) is 9.31. The standard InChI is InChI=1S/C35H20N4S/c1-2-11-21(12-3-1)34-37-26-17-8-6-15-24(26)35(38-34)39-27-18-10-20-36-31(27)30-23-14-5-4-13-22(23)29-25-16-7-9-19-28(25)40-33(29)32(30)39/h1-20H. The summed E-state index contributed by atoms with van der Waals surface area (Å²) in [6.07, 6.45) is 1.89. The van der Waals surface area contributed by atoms with Crippen molar-refractivity contribution >= 4 is 75.1 Å². The Labute approximate surface area is 232 Å². The number of fused-ring (bicyclic) bond motifs is 11. The Hall–Kier alpha value is -5.13. The van der Waals surface area contributed by atoms with Gasteiger partial charge in [-0.25, -0.2) is 9.97 Å². The van der Waals surface area contributed by atoms with Crippen LogP contribution in [0.5, 0.6) is 0 Å². The Morgan fingerprint density at radius 3 is 2.12 bits per heavy atom. The quantitative estimate of drug-likeness (QED) is 0.225. The van der Waals surface area contributed by atoms with Crippen molar-refractivity contribution in [1.82, 2.24) is 19.5 Å². The monoisotopic (exact) mass is 528 g/mol. The van der Waals surface area contributed by atoms with E-state index >= 15 is 0 Å². The molecule has 0 bridgehead atoms. The van der Waals surface area contributed by atoms with Gasteiger partial charge in [-0.15, -0.1) is 11.3 Å². The van der Waals surface area contributed by atoms with Gasteiger partial charge in [0.15, 0.2) is 5.82 Å². The molecule has 0 unspecified atom stereocenters. The molecule has 0 saturated heterocycles. The van der Waals surface area contributed by atoms with Gasteiger partial charge < -0.3 is 0 Å². The van der Waals surface area contributed by atoms with Gasteiger partial charge in [0.05, 0.1) is 26.8 Å². The van der Waals surface area contributed by atoms with Gasteiger partial charge in [-0.2, -0.15) is 0 Å². The van der Waals surface area contributed by atoms with Crippen molar-refractivity contribution in [3.8, 4) is 17.2 Å². The van der Waals surface area contributed by atoms with Crippen LogP contribution in [-0.2, 0) is 0 Å². The second-order valence-electron chi connectivity index (χ2n) is 10.0. The minimum atomic E-state index is 0.710. The van der Waals surface area contributed by atoms with E-state index in [9.17, 15) is 0 Å². The van der Waals surface area contributed by atoms with E-state index in [4.69, 9.17) is 15.0 Å². The molecule has 0 N–H and O–H groups in total. The molecule has 0 atom stereocenters. The van der Waals surface area contributed by atoms with Crippen LogP contribution in [0.25, 0.3) is 81.0 Å². The number of para-hydroxylation sites is 1. The first-order chi connectivity index (χ1) is 19.9. The first-order valence-corrected chi connectivity index (χ1v) is 14.1. The highest BCUT2D eigenvalue weighted by molar-refractivity contribution is 7.27. The van der Waals surface area contributed by atoms with E-state index in [1.165, 1.54) is 30.9 Å². The van der Waals surface area contributed by atoms with E-state index in [1.54, 1.807) is 0 Å². The van der Waals surface area contributed by atoms with Crippen LogP contribution < -0.4 is 0 Å². The van der Waals surface area contributed by atoms with Crippen LogP contribution in [0, 0.1) is 0 Å². The average Bonchev–Trinajstić information content (AvgIpc) is 3.58. The predicted molar refractivity (Wildman–Crippen MR) is 168 cm³/mol. The number of rotatable bonds is 2. The molecule has 0 spiro atoms. The SMILES string of the molecule is c1ccc(-c2nc(-n3c4cccnc4c4c5ccccc5c5c6ccccc6sc5c43)c3ccccc3n2)cc1. The molecular formula is C35H20N4S. The van der Waals surface area contributed by atoms with Crippen LogP contribution in [0.4, 0.5) is 0 Å². The maximum absolute atomic E-state index is 5.28. The lowest BCUT2D eigenvalue weighted by Crippen LogP contribution is -2.02. The third-order valence-corrected chi connectivity index (χ3v) is 9.01. The van der Waals surface area contributed by atoms with Crippen LogP contribution in [0.2, 0.25) is 0 Å². The third-order valence-electron chi connectivity index (χ3n) is 7.83. The fourth-order valence-corrected chi connectivity index (χ4v) is 7.41. The maximum atomic E-state index is 5.28. The highest BCUT2D eigenvalue weighted by Gasteiger charge is 2.24. The van der Waals surface area contributed by atoms with E-state index in [1.807, 2.05) is 47.9 Å². The maximum Gasteiger partial charge on any atom is 0.162 e. The van der Waals surface area contributed by atoms with Crippen molar-refractivity contribution in [1.29, 1.82) is 0 Å². The summed E-state index contributed by atoms with van der Waals surface area (Å²) in [4.78, 5) is 15.2. The van der Waals surface area contributed by atoms with E-state index < -0.39 is 0 Å².